The van der Waals surface area contributed by atoms with Crippen LogP contribution in [-0.4, -0.2) is 60.1 Å². The number of hydrogen-bond donors (Lipinski definition) is 0. The Kier molecular flexibility index (Phi) is 6.71. The molecule has 0 saturated heterocycles. The van der Waals surface area contributed by atoms with Crippen molar-refractivity contribution in [2.45, 2.75) is 38.8 Å². The highest BCUT2D eigenvalue weighted by molar-refractivity contribution is 5.89. The zero-order chi connectivity index (χ0) is 19.3. The first kappa shape index (κ1) is 19.9. The maximum absolute atomic E-state index is 13.4. The molecule has 0 aliphatic rings. The van der Waals surface area contributed by atoms with Crippen LogP contribution in [0.25, 0.3) is 11.0 Å². The highest BCUT2D eigenvalue weighted by atomic mass is 19.1. The summed E-state index contributed by atoms with van der Waals surface area (Å²) in [5.74, 6) is -1.02. The van der Waals surface area contributed by atoms with Gasteiger partial charge >= 0.3 is 0 Å². The zero-order valence-electron chi connectivity index (χ0n) is 15.7. The summed E-state index contributed by atoms with van der Waals surface area (Å²) in [5.41, 5.74) is 1.27. The van der Waals surface area contributed by atoms with Crippen LogP contribution in [0.1, 0.15) is 38.3 Å². The van der Waals surface area contributed by atoms with Gasteiger partial charge in [0.1, 0.15) is 5.69 Å². The third-order valence-electron chi connectivity index (χ3n) is 4.55. The average molecular weight is 363 g/mol. The van der Waals surface area contributed by atoms with Crippen LogP contribution >= 0.6 is 0 Å². The van der Waals surface area contributed by atoms with E-state index in [1.165, 1.54) is 4.90 Å². The number of hydrogen-bond acceptors (Lipinski definition) is 4. The Bertz CT molecular complexity index is 761. The summed E-state index contributed by atoms with van der Waals surface area (Å²) in [6.07, 6.45) is -0.711. The molecule has 0 aliphatic carbocycles. The van der Waals surface area contributed by atoms with Gasteiger partial charge in [-0.15, -0.1) is 0 Å². The van der Waals surface area contributed by atoms with Gasteiger partial charge in [-0.1, -0.05) is 24.2 Å². The van der Waals surface area contributed by atoms with E-state index in [2.05, 4.69) is 5.16 Å². The Labute approximate surface area is 152 Å². The summed E-state index contributed by atoms with van der Waals surface area (Å²) >= 11 is 0. The van der Waals surface area contributed by atoms with Crippen molar-refractivity contribution in [1.82, 2.24) is 15.0 Å². The van der Waals surface area contributed by atoms with Crippen LogP contribution in [0.2, 0.25) is 0 Å². The fraction of sp³-hybridized carbons (Fsp3) is 0.526. The number of benzene rings is 1. The van der Waals surface area contributed by atoms with Crippen molar-refractivity contribution in [3.05, 3.63) is 30.0 Å². The maximum atomic E-state index is 13.4. The van der Waals surface area contributed by atoms with Gasteiger partial charge in [-0.05, 0) is 31.9 Å². The molecule has 0 radical (unpaired) electrons. The van der Waals surface area contributed by atoms with Crippen molar-refractivity contribution in [2.75, 3.05) is 27.2 Å². The number of rotatable bonds is 8. The van der Waals surface area contributed by atoms with E-state index < -0.39 is 18.0 Å². The van der Waals surface area contributed by atoms with Crippen molar-refractivity contribution >= 4 is 22.8 Å². The second-order valence-corrected chi connectivity index (χ2v) is 6.53. The number of aromatic nitrogens is 1. The van der Waals surface area contributed by atoms with Crippen LogP contribution in [0.15, 0.2) is 28.8 Å². The lowest BCUT2D eigenvalue weighted by Crippen LogP contribution is -2.37. The molecule has 2 amide bonds. The monoisotopic (exact) mass is 363 g/mol. The van der Waals surface area contributed by atoms with E-state index in [9.17, 15) is 14.0 Å². The van der Waals surface area contributed by atoms with Crippen LogP contribution in [0.3, 0.4) is 0 Å². The van der Waals surface area contributed by atoms with Gasteiger partial charge in [0, 0.05) is 32.6 Å². The van der Waals surface area contributed by atoms with Crippen molar-refractivity contribution < 1.29 is 18.5 Å². The lowest BCUT2D eigenvalue weighted by Gasteiger charge is -2.23. The normalized spacial score (nSPS) is 13.4. The smallest absolute Gasteiger partial charge is 0.256 e. The summed E-state index contributed by atoms with van der Waals surface area (Å²) in [5, 5.41) is 4.88. The Hall–Kier alpha value is -2.44. The molecule has 2 unspecified atom stereocenters. The minimum Gasteiger partial charge on any atom is -0.356 e. The Morgan fingerprint density at radius 3 is 2.42 bits per heavy atom. The molecule has 0 saturated carbocycles. The molecule has 1 aromatic carbocycles. The van der Waals surface area contributed by atoms with Gasteiger partial charge in [0.2, 0.25) is 5.91 Å². The fourth-order valence-corrected chi connectivity index (χ4v) is 2.84. The molecule has 1 heterocycles. The number of amides is 2. The van der Waals surface area contributed by atoms with Gasteiger partial charge in [-0.3, -0.25) is 9.59 Å². The SMILES string of the molecule is CCC(F)C(=O)N(C)CCCN(C)C(=O)C(C)c1noc2ccccc12. The standard InChI is InChI=1S/C19H26FN3O3/c1-5-15(20)19(25)23(4)12-8-11-22(3)18(24)13(2)17-14-9-6-7-10-16(14)26-21-17/h6-7,9-10,13,15H,5,8,11-12H2,1-4H3. The molecule has 2 aromatic rings. The molecule has 0 fully saturated rings. The predicted octanol–water partition coefficient (Wildman–Crippen LogP) is 2.99. The van der Waals surface area contributed by atoms with E-state index >= 15 is 0 Å². The van der Waals surface area contributed by atoms with Crippen LogP contribution < -0.4 is 0 Å². The third-order valence-corrected chi connectivity index (χ3v) is 4.55. The largest absolute Gasteiger partial charge is 0.356 e. The van der Waals surface area contributed by atoms with Crippen LogP contribution in [-0.2, 0) is 9.59 Å². The van der Waals surface area contributed by atoms with Gasteiger partial charge in [-0.25, -0.2) is 4.39 Å². The van der Waals surface area contributed by atoms with E-state index in [1.807, 2.05) is 24.3 Å². The molecule has 0 aliphatic heterocycles. The van der Waals surface area contributed by atoms with Crippen molar-refractivity contribution in [2.24, 2.45) is 0 Å². The number of nitrogens with zero attached hydrogens (tertiary/aromatic N) is 3. The molecule has 26 heavy (non-hydrogen) atoms. The molecule has 6 nitrogen and oxygen atoms in total. The summed E-state index contributed by atoms with van der Waals surface area (Å²) in [6, 6.07) is 7.43. The van der Waals surface area contributed by atoms with E-state index in [0.717, 1.165) is 5.39 Å². The molecule has 7 heteroatoms. The highest BCUT2D eigenvalue weighted by Crippen LogP contribution is 2.25. The van der Waals surface area contributed by atoms with Crippen molar-refractivity contribution in [3.63, 3.8) is 0 Å². The summed E-state index contributed by atoms with van der Waals surface area (Å²) in [7, 11) is 3.30. The second kappa shape index (κ2) is 8.78. The number of fused-ring (bicyclic) bond motifs is 1. The van der Waals surface area contributed by atoms with Crippen LogP contribution in [0, 0.1) is 0 Å². The van der Waals surface area contributed by atoms with E-state index in [0.29, 0.717) is 30.8 Å². The summed E-state index contributed by atoms with van der Waals surface area (Å²) in [4.78, 5) is 27.4. The lowest BCUT2D eigenvalue weighted by atomic mass is 10.0. The predicted molar refractivity (Wildman–Crippen MR) is 97.5 cm³/mol. The molecule has 2 rings (SSSR count). The molecule has 0 bridgehead atoms. The molecule has 0 spiro atoms. The molecule has 2 atom stereocenters. The van der Waals surface area contributed by atoms with Gasteiger partial charge in [0.05, 0.1) is 5.92 Å². The molecule has 0 N–H and O–H groups in total. The van der Waals surface area contributed by atoms with Gasteiger partial charge < -0.3 is 14.3 Å². The molecular formula is C19H26FN3O3. The Morgan fingerprint density at radius 2 is 1.77 bits per heavy atom. The number of para-hydroxylation sites is 1. The quantitative estimate of drug-likeness (QED) is 0.723. The Morgan fingerprint density at radius 1 is 1.15 bits per heavy atom. The number of halogens is 1. The molecule has 1 aromatic heterocycles. The average Bonchev–Trinajstić information content (AvgIpc) is 3.09. The number of carbonyl (C=O) groups is 2. The summed E-state index contributed by atoms with van der Waals surface area (Å²) in [6.45, 7) is 4.31. The van der Waals surface area contributed by atoms with Gasteiger partial charge in [0.15, 0.2) is 11.8 Å². The fourth-order valence-electron chi connectivity index (χ4n) is 2.84. The third kappa shape index (κ3) is 4.39. The highest BCUT2D eigenvalue weighted by Gasteiger charge is 2.25. The van der Waals surface area contributed by atoms with Gasteiger partial charge in [0.25, 0.3) is 5.91 Å². The van der Waals surface area contributed by atoms with Crippen molar-refractivity contribution in [1.29, 1.82) is 0 Å². The molecular weight excluding hydrogens is 337 g/mol. The first-order chi connectivity index (χ1) is 12.4. The number of carbonyl (C=O) groups excluding carboxylic acids is 2. The minimum atomic E-state index is -1.46. The first-order valence-corrected chi connectivity index (χ1v) is 8.85. The molecule has 142 valence electrons. The summed E-state index contributed by atoms with van der Waals surface area (Å²) < 4.78 is 18.7. The van der Waals surface area contributed by atoms with E-state index in [-0.39, 0.29) is 12.3 Å². The zero-order valence-corrected chi connectivity index (χ0v) is 15.7. The maximum Gasteiger partial charge on any atom is 0.256 e. The van der Waals surface area contributed by atoms with Crippen molar-refractivity contribution in [3.8, 4) is 0 Å². The second-order valence-electron chi connectivity index (χ2n) is 6.53. The van der Waals surface area contributed by atoms with Gasteiger partial charge in [-0.2, -0.15) is 0 Å². The van der Waals surface area contributed by atoms with Crippen LogP contribution in [0.4, 0.5) is 4.39 Å². The first-order valence-electron chi connectivity index (χ1n) is 8.85. The number of alkyl halides is 1. The van der Waals surface area contributed by atoms with E-state index in [1.54, 1.807) is 32.8 Å². The number of likely N-dealkylation sites (N-methyl/N-ethyl adjacent to an activating group) is 1. The minimum absolute atomic E-state index is 0.0741. The lowest BCUT2D eigenvalue weighted by molar-refractivity contribution is -0.135. The topological polar surface area (TPSA) is 66.7 Å². The van der Waals surface area contributed by atoms with Crippen LogP contribution in [0.5, 0.6) is 0 Å². The van der Waals surface area contributed by atoms with E-state index in [4.69, 9.17) is 4.52 Å². The Balaban J connectivity index is 1.90.